The van der Waals surface area contributed by atoms with Gasteiger partial charge in [-0.2, -0.15) is 4.31 Å². The van der Waals surface area contributed by atoms with E-state index in [1.165, 1.54) is 27.8 Å². The van der Waals surface area contributed by atoms with Crippen molar-refractivity contribution in [3.05, 3.63) is 40.9 Å². The van der Waals surface area contributed by atoms with E-state index < -0.39 is 10.0 Å². The number of benzene rings is 1. The third kappa shape index (κ3) is 3.69. The molecule has 128 valence electrons. The van der Waals surface area contributed by atoms with Gasteiger partial charge in [0.1, 0.15) is 0 Å². The SMILES string of the molecule is O=C(Nc1nccs1)N1CCN(S(=O)(=O)c2ccc(Cl)cc2)CC1. The minimum absolute atomic E-state index is 0.201. The van der Waals surface area contributed by atoms with Crippen molar-refractivity contribution in [3.8, 4) is 0 Å². The summed E-state index contributed by atoms with van der Waals surface area (Å²) in [4.78, 5) is 17.9. The van der Waals surface area contributed by atoms with Crippen molar-refractivity contribution in [2.24, 2.45) is 0 Å². The number of piperazine rings is 1. The second kappa shape index (κ2) is 7.06. The van der Waals surface area contributed by atoms with Gasteiger partial charge in [0.05, 0.1) is 4.90 Å². The van der Waals surface area contributed by atoms with Crippen molar-refractivity contribution in [2.45, 2.75) is 4.90 Å². The second-order valence-corrected chi connectivity index (χ2v) is 8.38. The summed E-state index contributed by atoms with van der Waals surface area (Å²) in [6.07, 6.45) is 1.61. The van der Waals surface area contributed by atoms with Crippen molar-refractivity contribution >= 4 is 44.1 Å². The number of nitrogens with zero attached hydrogens (tertiary/aromatic N) is 3. The standard InChI is InChI=1S/C14H15ClN4O3S2/c15-11-1-3-12(4-2-11)24(21,22)19-8-6-18(7-9-19)14(20)17-13-16-5-10-23-13/h1-5,10H,6-9H2,(H,16,17,20). The smallest absolute Gasteiger partial charge is 0.322 e. The van der Waals surface area contributed by atoms with Crippen LogP contribution in [0.5, 0.6) is 0 Å². The van der Waals surface area contributed by atoms with Gasteiger partial charge in [0.25, 0.3) is 0 Å². The average Bonchev–Trinajstić information content (AvgIpc) is 3.08. The zero-order valence-electron chi connectivity index (χ0n) is 12.6. The van der Waals surface area contributed by atoms with Gasteiger partial charge in [-0.3, -0.25) is 5.32 Å². The van der Waals surface area contributed by atoms with Gasteiger partial charge in [0.15, 0.2) is 5.13 Å². The van der Waals surface area contributed by atoms with Crippen LogP contribution in [-0.2, 0) is 10.0 Å². The van der Waals surface area contributed by atoms with Crippen LogP contribution >= 0.6 is 22.9 Å². The number of carbonyl (C=O) groups is 1. The van der Waals surface area contributed by atoms with E-state index in [4.69, 9.17) is 11.6 Å². The molecule has 0 radical (unpaired) electrons. The van der Waals surface area contributed by atoms with Gasteiger partial charge in [-0.15, -0.1) is 11.3 Å². The van der Waals surface area contributed by atoms with Crippen molar-refractivity contribution < 1.29 is 13.2 Å². The number of sulfonamides is 1. The Bertz CT molecular complexity index is 801. The lowest BCUT2D eigenvalue weighted by molar-refractivity contribution is 0.184. The molecule has 1 fully saturated rings. The summed E-state index contributed by atoms with van der Waals surface area (Å²) in [5.41, 5.74) is 0. The Morgan fingerprint density at radius 2 is 1.83 bits per heavy atom. The molecule has 1 saturated heterocycles. The average molecular weight is 387 g/mol. The topological polar surface area (TPSA) is 82.6 Å². The zero-order valence-corrected chi connectivity index (χ0v) is 14.9. The fraction of sp³-hybridized carbons (Fsp3) is 0.286. The molecular weight excluding hydrogens is 372 g/mol. The van der Waals surface area contributed by atoms with E-state index in [2.05, 4.69) is 10.3 Å². The largest absolute Gasteiger partial charge is 0.323 e. The molecule has 2 heterocycles. The Labute approximate surface area is 148 Å². The second-order valence-electron chi connectivity index (χ2n) is 5.11. The van der Waals surface area contributed by atoms with E-state index in [1.807, 2.05) is 0 Å². The third-order valence-corrected chi connectivity index (χ3v) is 6.48. The Balaban J connectivity index is 1.62. The number of halogens is 1. The number of urea groups is 1. The number of nitrogens with one attached hydrogen (secondary N) is 1. The summed E-state index contributed by atoms with van der Waals surface area (Å²) in [6, 6.07) is 5.80. The molecule has 0 bridgehead atoms. The zero-order chi connectivity index (χ0) is 17.2. The lowest BCUT2D eigenvalue weighted by Crippen LogP contribution is -2.51. The molecule has 0 unspecified atom stereocenters. The van der Waals surface area contributed by atoms with Crippen molar-refractivity contribution in [1.29, 1.82) is 0 Å². The van der Waals surface area contributed by atoms with E-state index in [0.717, 1.165) is 0 Å². The van der Waals surface area contributed by atoms with Crippen molar-refractivity contribution in [2.75, 3.05) is 31.5 Å². The molecule has 1 aromatic carbocycles. The van der Waals surface area contributed by atoms with E-state index in [9.17, 15) is 13.2 Å². The van der Waals surface area contributed by atoms with Crippen LogP contribution in [0.1, 0.15) is 0 Å². The maximum atomic E-state index is 12.6. The summed E-state index contributed by atoms with van der Waals surface area (Å²) in [5, 5.41) is 5.47. The van der Waals surface area contributed by atoms with Crippen LogP contribution in [0.15, 0.2) is 40.7 Å². The van der Waals surface area contributed by atoms with Gasteiger partial charge < -0.3 is 4.90 Å². The highest BCUT2D eigenvalue weighted by Crippen LogP contribution is 2.20. The van der Waals surface area contributed by atoms with Gasteiger partial charge in [-0.25, -0.2) is 18.2 Å². The highest BCUT2D eigenvalue weighted by Gasteiger charge is 2.30. The molecule has 3 rings (SSSR count). The minimum atomic E-state index is -3.57. The number of carbonyl (C=O) groups excluding carboxylic acids is 1. The number of rotatable bonds is 3. The summed E-state index contributed by atoms with van der Waals surface area (Å²) >= 11 is 7.13. The summed E-state index contributed by atoms with van der Waals surface area (Å²) in [5.74, 6) is 0. The number of aromatic nitrogens is 1. The molecule has 0 atom stereocenters. The van der Waals surface area contributed by atoms with E-state index in [-0.39, 0.29) is 24.0 Å². The molecule has 2 aromatic rings. The Kier molecular flexibility index (Phi) is 5.04. The first-order valence-electron chi connectivity index (χ1n) is 7.18. The maximum Gasteiger partial charge on any atom is 0.323 e. The number of thiazole rings is 1. The Morgan fingerprint density at radius 1 is 1.17 bits per heavy atom. The normalized spacial score (nSPS) is 16.1. The minimum Gasteiger partial charge on any atom is -0.322 e. The summed E-state index contributed by atoms with van der Waals surface area (Å²) < 4.78 is 26.6. The molecule has 1 aliphatic rings. The first-order valence-corrected chi connectivity index (χ1v) is 9.88. The fourth-order valence-electron chi connectivity index (χ4n) is 2.34. The molecular formula is C14H15ClN4O3S2. The van der Waals surface area contributed by atoms with Gasteiger partial charge in [0.2, 0.25) is 10.0 Å². The van der Waals surface area contributed by atoms with Crippen LogP contribution in [0.25, 0.3) is 0 Å². The molecule has 1 aliphatic heterocycles. The lowest BCUT2D eigenvalue weighted by atomic mass is 10.4. The first-order chi connectivity index (χ1) is 11.5. The monoisotopic (exact) mass is 386 g/mol. The highest BCUT2D eigenvalue weighted by molar-refractivity contribution is 7.89. The molecule has 0 saturated carbocycles. The fourth-order valence-corrected chi connectivity index (χ4v) is 4.41. The van der Waals surface area contributed by atoms with Crippen LogP contribution in [-0.4, -0.2) is 54.8 Å². The highest BCUT2D eigenvalue weighted by atomic mass is 35.5. The van der Waals surface area contributed by atoms with Gasteiger partial charge in [0, 0.05) is 42.8 Å². The predicted molar refractivity (Wildman–Crippen MR) is 92.9 cm³/mol. The summed E-state index contributed by atoms with van der Waals surface area (Å²) in [6.45, 7) is 1.14. The Hall–Kier alpha value is -1.68. The number of anilines is 1. The Morgan fingerprint density at radius 3 is 2.42 bits per heavy atom. The van der Waals surface area contributed by atoms with Gasteiger partial charge >= 0.3 is 6.03 Å². The molecule has 1 N–H and O–H groups in total. The number of hydrogen-bond donors (Lipinski definition) is 1. The van der Waals surface area contributed by atoms with Crippen LogP contribution in [0.3, 0.4) is 0 Å². The molecule has 10 heteroatoms. The van der Waals surface area contributed by atoms with E-state index >= 15 is 0 Å². The predicted octanol–water partition coefficient (Wildman–Crippen LogP) is 2.33. The van der Waals surface area contributed by atoms with Gasteiger partial charge in [-0.05, 0) is 24.3 Å². The third-order valence-electron chi connectivity index (χ3n) is 3.62. The summed E-state index contributed by atoms with van der Waals surface area (Å²) in [7, 11) is -3.57. The molecule has 24 heavy (non-hydrogen) atoms. The van der Waals surface area contributed by atoms with Crippen molar-refractivity contribution in [1.82, 2.24) is 14.2 Å². The van der Waals surface area contributed by atoms with Crippen LogP contribution < -0.4 is 5.32 Å². The van der Waals surface area contributed by atoms with Gasteiger partial charge in [-0.1, -0.05) is 11.6 Å². The van der Waals surface area contributed by atoms with Crippen LogP contribution in [0.4, 0.5) is 9.93 Å². The molecule has 1 aromatic heterocycles. The van der Waals surface area contributed by atoms with Crippen LogP contribution in [0, 0.1) is 0 Å². The maximum absolute atomic E-state index is 12.6. The first kappa shape index (κ1) is 17.2. The number of amides is 2. The molecule has 2 amide bonds. The quantitative estimate of drug-likeness (QED) is 0.877. The van der Waals surface area contributed by atoms with Crippen LogP contribution in [0.2, 0.25) is 5.02 Å². The molecule has 7 nitrogen and oxygen atoms in total. The van der Waals surface area contributed by atoms with Crippen molar-refractivity contribution in [3.63, 3.8) is 0 Å². The molecule has 0 aliphatic carbocycles. The van der Waals surface area contributed by atoms with E-state index in [0.29, 0.717) is 23.2 Å². The lowest BCUT2D eigenvalue weighted by Gasteiger charge is -2.33. The molecule has 0 spiro atoms. The number of hydrogen-bond acceptors (Lipinski definition) is 5. The van der Waals surface area contributed by atoms with E-state index in [1.54, 1.807) is 28.6 Å².